The lowest BCUT2D eigenvalue weighted by atomic mass is 10.1. The van der Waals surface area contributed by atoms with Crippen LogP contribution in [0.2, 0.25) is 0 Å². The van der Waals surface area contributed by atoms with Gasteiger partial charge in [0.25, 0.3) is 0 Å². The number of anilines is 1. The number of hydrogen-bond donors (Lipinski definition) is 2. The van der Waals surface area contributed by atoms with E-state index in [4.69, 9.17) is 0 Å². The molecule has 6 nitrogen and oxygen atoms in total. The average molecular weight is 288 g/mol. The largest absolute Gasteiger partial charge is 0.478 e. The van der Waals surface area contributed by atoms with Crippen molar-refractivity contribution in [1.29, 1.82) is 0 Å². The number of carbonyl (C=O) groups excluding carboxylic acids is 1. The maximum atomic E-state index is 11.2. The highest BCUT2D eigenvalue weighted by atomic mass is 16.5. The average Bonchev–Trinajstić information content (AvgIpc) is 2.50. The highest BCUT2D eigenvalue weighted by molar-refractivity contribution is 6.06. The Morgan fingerprint density at radius 2 is 2.10 bits per heavy atom. The number of aromatic nitrogens is 1. The number of carboxylic acid groups (broad SMARTS) is 1. The molecule has 0 unspecified atom stereocenters. The van der Waals surface area contributed by atoms with Gasteiger partial charge in [-0.15, -0.1) is 0 Å². The zero-order valence-electron chi connectivity index (χ0n) is 11.6. The number of rotatable bonds is 6. The van der Waals surface area contributed by atoms with Crippen LogP contribution in [0.5, 0.6) is 0 Å². The van der Waals surface area contributed by atoms with Crippen LogP contribution in [0.25, 0.3) is 10.8 Å². The quantitative estimate of drug-likeness (QED) is 0.626. The van der Waals surface area contributed by atoms with Gasteiger partial charge >= 0.3 is 11.9 Å². The predicted octanol–water partition coefficient (Wildman–Crippen LogP) is 2.30. The van der Waals surface area contributed by atoms with Gasteiger partial charge in [0.15, 0.2) is 0 Å². The van der Waals surface area contributed by atoms with Gasteiger partial charge in [0.1, 0.15) is 5.82 Å². The normalized spacial score (nSPS) is 10.3. The maximum Gasteiger partial charge on any atom is 0.336 e. The molecule has 0 atom stereocenters. The lowest BCUT2D eigenvalue weighted by molar-refractivity contribution is -0.140. The smallest absolute Gasteiger partial charge is 0.336 e. The van der Waals surface area contributed by atoms with Gasteiger partial charge in [-0.3, -0.25) is 4.79 Å². The van der Waals surface area contributed by atoms with Crippen LogP contribution in [0, 0.1) is 0 Å². The van der Waals surface area contributed by atoms with Crippen LogP contribution in [-0.4, -0.2) is 35.7 Å². The predicted molar refractivity (Wildman–Crippen MR) is 78.4 cm³/mol. The molecule has 0 fully saturated rings. The van der Waals surface area contributed by atoms with Crippen LogP contribution in [-0.2, 0) is 9.53 Å². The fourth-order valence-corrected chi connectivity index (χ4v) is 2.08. The van der Waals surface area contributed by atoms with E-state index in [1.165, 1.54) is 7.11 Å². The van der Waals surface area contributed by atoms with E-state index in [0.717, 1.165) is 5.39 Å². The van der Waals surface area contributed by atoms with Crippen LogP contribution >= 0.6 is 0 Å². The molecule has 2 N–H and O–H groups in total. The maximum absolute atomic E-state index is 11.2. The minimum atomic E-state index is -0.969. The van der Waals surface area contributed by atoms with Crippen LogP contribution < -0.4 is 5.32 Å². The van der Waals surface area contributed by atoms with E-state index in [1.54, 1.807) is 24.4 Å². The standard InChI is InChI=1S/C15H16N2O4/c1-21-13(18)6-3-8-16-14-11-4-2-5-12(15(19)20)10(11)7-9-17-14/h2,4-5,7,9H,3,6,8H2,1H3,(H,16,17)(H,19,20). The van der Waals surface area contributed by atoms with Gasteiger partial charge in [0.05, 0.1) is 12.7 Å². The number of carbonyl (C=O) groups is 2. The Labute approximate surface area is 121 Å². The Bertz CT molecular complexity index is 670. The molecule has 110 valence electrons. The van der Waals surface area contributed by atoms with Crippen molar-refractivity contribution in [3.05, 3.63) is 36.0 Å². The molecule has 2 aromatic rings. The van der Waals surface area contributed by atoms with Crippen molar-refractivity contribution in [1.82, 2.24) is 4.98 Å². The first kappa shape index (κ1) is 14.8. The summed E-state index contributed by atoms with van der Waals surface area (Å²) < 4.78 is 4.57. The number of methoxy groups -OCH3 is 1. The van der Waals surface area contributed by atoms with Crippen molar-refractivity contribution in [2.75, 3.05) is 19.0 Å². The summed E-state index contributed by atoms with van der Waals surface area (Å²) in [4.78, 5) is 26.5. The molecule has 0 aliphatic carbocycles. The minimum absolute atomic E-state index is 0.243. The first-order valence-corrected chi connectivity index (χ1v) is 6.55. The lowest BCUT2D eigenvalue weighted by Crippen LogP contribution is -2.08. The molecular formula is C15H16N2O4. The summed E-state index contributed by atoms with van der Waals surface area (Å²) in [6.45, 7) is 0.554. The van der Waals surface area contributed by atoms with Crippen LogP contribution in [0.1, 0.15) is 23.2 Å². The number of pyridine rings is 1. The number of carboxylic acids is 1. The molecule has 0 saturated carbocycles. The molecule has 6 heteroatoms. The van der Waals surface area contributed by atoms with Gasteiger partial charge in [0.2, 0.25) is 0 Å². The molecule has 21 heavy (non-hydrogen) atoms. The Balaban J connectivity index is 2.15. The summed E-state index contributed by atoms with van der Waals surface area (Å²) in [5, 5.41) is 13.7. The van der Waals surface area contributed by atoms with Gasteiger partial charge in [-0.05, 0) is 18.6 Å². The summed E-state index contributed by atoms with van der Waals surface area (Å²) in [5.41, 5.74) is 0.243. The lowest BCUT2D eigenvalue weighted by Gasteiger charge is -2.09. The van der Waals surface area contributed by atoms with Crippen molar-refractivity contribution < 1.29 is 19.4 Å². The summed E-state index contributed by atoms with van der Waals surface area (Å²) in [5.74, 6) is -0.611. The fourth-order valence-electron chi connectivity index (χ4n) is 2.08. The molecule has 1 aromatic carbocycles. The SMILES string of the molecule is COC(=O)CCCNc1nccc2c(C(=O)O)cccc12. The van der Waals surface area contributed by atoms with Crippen LogP contribution in [0.4, 0.5) is 5.82 Å². The van der Waals surface area contributed by atoms with Crippen molar-refractivity contribution in [2.24, 2.45) is 0 Å². The third-order valence-electron chi connectivity index (χ3n) is 3.11. The van der Waals surface area contributed by atoms with Crippen molar-refractivity contribution in [3.8, 4) is 0 Å². The molecule has 0 amide bonds. The molecule has 0 spiro atoms. The second-order valence-corrected chi connectivity index (χ2v) is 4.47. The molecule has 0 aliphatic heterocycles. The highest BCUT2D eigenvalue weighted by Gasteiger charge is 2.10. The monoisotopic (exact) mass is 288 g/mol. The third-order valence-corrected chi connectivity index (χ3v) is 3.11. The van der Waals surface area contributed by atoms with Crippen LogP contribution in [0.15, 0.2) is 30.5 Å². The molecule has 0 bridgehead atoms. The second kappa shape index (κ2) is 6.69. The number of nitrogens with zero attached hydrogens (tertiary/aromatic N) is 1. The number of benzene rings is 1. The van der Waals surface area contributed by atoms with Crippen LogP contribution in [0.3, 0.4) is 0 Å². The molecular weight excluding hydrogens is 272 g/mol. The Morgan fingerprint density at radius 3 is 2.81 bits per heavy atom. The summed E-state index contributed by atoms with van der Waals surface area (Å²) in [6, 6.07) is 6.74. The van der Waals surface area contributed by atoms with Gasteiger partial charge in [0, 0.05) is 29.9 Å². The topological polar surface area (TPSA) is 88.5 Å². The molecule has 1 heterocycles. The molecule has 0 saturated heterocycles. The summed E-state index contributed by atoms with van der Waals surface area (Å²) in [7, 11) is 1.36. The number of ether oxygens (including phenoxy) is 1. The van der Waals surface area contributed by atoms with Gasteiger partial charge in [-0.2, -0.15) is 0 Å². The van der Waals surface area contributed by atoms with Crippen molar-refractivity contribution in [2.45, 2.75) is 12.8 Å². The Kier molecular flexibility index (Phi) is 4.71. The van der Waals surface area contributed by atoms with Gasteiger partial charge < -0.3 is 15.2 Å². The Morgan fingerprint density at radius 1 is 1.29 bits per heavy atom. The zero-order chi connectivity index (χ0) is 15.2. The molecule has 1 aromatic heterocycles. The van der Waals surface area contributed by atoms with E-state index in [-0.39, 0.29) is 11.5 Å². The summed E-state index contributed by atoms with van der Waals surface area (Å²) in [6.07, 6.45) is 2.51. The molecule has 0 aliphatic rings. The van der Waals surface area contributed by atoms with E-state index < -0.39 is 5.97 Å². The molecule has 2 rings (SSSR count). The van der Waals surface area contributed by atoms with Crippen molar-refractivity contribution >= 4 is 28.5 Å². The van der Waals surface area contributed by atoms with E-state index in [0.29, 0.717) is 30.6 Å². The van der Waals surface area contributed by atoms with Crippen molar-refractivity contribution in [3.63, 3.8) is 0 Å². The van der Waals surface area contributed by atoms with E-state index in [2.05, 4.69) is 15.0 Å². The minimum Gasteiger partial charge on any atom is -0.478 e. The number of aromatic carboxylic acids is 1. The first-order chi connectivity index (χ1) is 10.1. The number of fused-ring (bicyclic) bond motifs is 1. The number of nitrogens with one attached hydrogen (secondary N) is 1. The zero-order valence-corrected chi connectivity index (χ0v) is 11.6. The highest BCUT2D eigenvalue weighted by Crippen LogP contribution is 2.24. The van der Waals surface area contributed by atoms with E-state index in [9.17, 15) is 14.7 Å². The first-order valence-electron chi connectivity index (χ1n) is 6.55. The molecule has 0 radical (unpaired) electrons. The second-order valence-electron chi connectivity index (χ2n) is 4.47. The van der Waals surface area contributed by atoms with Gasteiger partial charge in [-0.25, -0.2) is 9.78 Å². The van der Waals surface area contributed by atoms with E-state index in [1.807, 2.05) is 6.07 Å². The number of esters is 1. The number of hydrogen-bond acceptors (Lipinski definition) is 5. The fraction of sp³-hybridized carbons (Fsp3) is 0.267. The van der Waals surface area contributed by atoms with E-state index >= 15 is 0 Å². The third kappa shape index (κ3) is 3.47. The Hall–Kier alpha value is -2.63. The summed E-state index contributed by atoms with van der Waals surface area (Å²) >= 11 is 0. The van der Waals surface area contributed by atoms with Gasteiger partial charge in [-0.1, -0.05) is 12.1 Å².